The molecule has 3 heterocycles. The van der Waals surface area contributed by atoms with Gasteiger partial charge in [-0.15, -0.1) is 0 Å². The Morgan fingerprint density at radius 2 is 0.538 bits per heavy atom. The van der Waals surface area contributed by atoms with Crippen molar-refractivity contribution in [3.05, 3.63) is 194 Å². The number of methoxy groups -OCH3 is 2. The van der Waals surface area contributed by atoms with Crippen LogP contribution in [0.2, 0.25) is 0 Å². The van der Waals surface area contributed by atoms with Gasteiger partial charge in [0, 0.05) is 44.2 Å². The molecule has 0 spiro atoms. The van der Waals surface area contributed by atoms with Crippen LogP contribution in [0.5, 0.6) is 11.5 Å². The normalized spacial score (nSPS) is 11.2. The van der Waals surface area contributed by atoms with Crippen molar-refractivity contribution in [1.82, 2.24) is 29.9 Å². The first-order valence-corrected chi connectivity index (χ1v) is 21.1. The van der Waals surface area contributed by atoms with Crippen molar-refractivity contribution in [1.29, 1.82) is 0 Å². The molecule has 0 fully saturated rings. The van der Waals surface area contributed by atoms with Gasteiger partial charge in [-0.05, 0) is 95.1 Å². The molecule has 0 aliphatic carbocycles. The summed E-state index contributed by atoms with van der Waals surface area (Å²) in [4.78, 5) is 29.4. The standard InChI is InChI=1S/C56H38N6O3/c1-63-45-27-21-41(22-28-45)55-59-51(37-9-5-3-6-10-37)57-53(61-55)39-17-13-35(14-18-39)43-25-31-49-47(33-43)48-34-44(26-32-50(48)65-49)36-15-19-40(20-16-36)54-58-52(38-11-7-4-8-12-38)60-56(62-54)42-23-29-46(64-2)30-24-42/h3-34H,1-2H3. The van der Waals surface area contributed by atoms with Gasteiger partial charge in [-0.2, -0.15) is 0 Å². The van der Waals surface area contributed by atoms with E-state index >= 15 is 0 Å². The average molecular weight is 843 g/mol. The number of nitrogens with zero attached hydrogens (tertiary/aromatic N) is 6. The van der Waals surface area contributed by atoms with Crippen molar-refractivity contribution in [2.24, 2.45) is 0 Å². The molecule has 0 saturated carbocycles. The van der Waals surface area contributed by atoms with E-state index in [4.69, 9.17) is 43.8 Å². The Balaban J connectivity index is 0.896. The zero-order valence-corrected chi connectivity index (χ0v) is 35.4. The third kappa shape index (κ3) is 7.83. The molecule has 3 aromatic heterocycles. The van der Waals surface area contributed by atoms with Crippen molar-refractivity contribution in [3.8, 4) is 102 Å². The molecule has 0 unspecified atom stereocenters. The van der Waals surface area contributed by atoms with E-state index in [1.54, 1.807) is 14.2 Å². The lowest BCUT2D eigenvalue weighted by molar-refractivity contribution is 0.414. The molecule has 11 rings (SSSR count). The molecule has 0 atom stereocenters. The van der Waals surface area contributed by atoms with Crippen LogP contribution in [-0.4, -0.2) is 44.1 Å². The van der Waals surface area contributed by atoms with E-state index < -0.39 is 0 Å². The fraction of sp³-hybridized carbons (Fsp3) is 0.0357. The second-order valence-corrected chi connectivity index (χ2v) is 15.5. The molecule has 8 aromatic carbocycles. The lowest BCUT2D eigenvalue weighted by Crippen LogP contribution is -2.00. The van der Waals surface area contributed by atoms with Crippen LogP contribution in [0.3, 0.4) is 0 Å². The third-order valence-electron chi connectivity index (χ3n) is 11.5. The van der Waals surface area contributed by atoms with Gasteiger partial charge in [0.25, 0.3) is 0 Å². The zero-order chi connectivity index (χ0) is 43.7. The van der Waals surface area contributed by atoms with Crippen LogP contribution in [-0.2, 0) is 0 Å². The fourth-order valence-corrected chi connectivity index (χ4v) is 7.94. The Bertz CT molecular complexity index is 3240. The van der Waals surface area contributed by atoms with Gasteiger partial charge in [0.05, 0.1) is 14.2 Å². The van der Waals surface area contributed by atoms with Gasteiger partial charge in [-0.3, -0.25) is 0 Å². The van der Waals surface area contributed by atoms with Crippen LogP contribution in [0.25, 0.3) is 113 Å². The van der Waals surface area contributed by atoms with Gasteiger partial charge in [0.2, 0.25) is 0 Å². The number of fused-ring (bicyclic) bond motifs is 3. The van der Waals surface area contributed by atoms with Crippen LogP contribution >= 0.6 is 0 Å². The highest BCUT2D eigenvalue weighted by Crippen LogP contribution is 2.37. The van der Waals surface area contributed by atoms with Crippen molar-refractivity contribution < 1.29 is 13.9 Å². The third-order valence-corrected chi connectivity index (χ3v) is 11.5. The predicted molar refractivity (Wildman–Crippen MR) is 257 cm³/mol. The molecule has 0 radical (unpaired) electrons. The van der Waals surface area contributed by atoms with Gasteiger partial charge >= 0.3 is 0 Å². The fourth-order valence-electron chi connectivity index (χ4n) is 7.94. The quantitative estimate of drug-likeness (QED) is 0.133. The molecule has 0 bridgehead atoms. The number of hydrogen-bond acceptors (Lipinski definition) is 9. The van der Waals surface area contributed by atoms with Gasteiger partial charge in [0.1, 0.15) is 22.7 Å². The van der Waals surface area contributed by atoms with Crippen molar-refractivity contribution in [3.63, 3.8) is 0 Å². The minimum Gasteiger partial charge on any atom is -0.497 e. The topological polar surface area (TPSA) is 109 Å². The van der Waals surface area contributed by atoms with E-state index in [-0.39, 0.29) is 0 Å². The maximum absolute atomic E-state index is 6.35. The molecule has 0 saturated heterocycles. The number of aromatic nitrogens is 6. The summed E-state index contributed by atoms with van der Waals surface area (Å²) in [5, 5.41) is 2.08. The number of rotatable bonds is 10. The number of benzene rings is 8. The molecule has 0 aliphatic heterocycles. The first-order valence-electron chi connectivity index (χ1n) is 21.1. The summed E-state index contributed by atoms with van der Waals surface area (Å²) in [5.74, 6) is 5.13. The Hall–Kier alpha value is -8.82. The lowest BCUT2D eigenvalue weighted by atomic mass is 9.99. The molecule has 0 N–H and O–H groups in total. The molecular weight excluding hydrogens is 805 g/mol. The first kappa shape index (κ1) is 39.1. The van der Waals surface area contributed by atoms with E-state index in [9.17, 15) is 0 Å². The summed E-state index contributed by atoms with van der Waals surface area (Å²) in [6.45, 7) is 0. The maximum atomic E-state index is 6.35. The molecule has 65 heavy (non-hydrogen) atoms. The summed E-state index contributed by atoms with van der Waals surface area (Å²) < 4.78 is 17.1. The van der Waals surface area contributed by atoms with E-state index in [1.807, 2.05) is 121 Å². The molecular formula is C56H38N6O3. The second-order valence-electron chi connectivity index (χ2n) is 15.5. The number of ether oxygens (including phenoxy) is 2. The highest BCUT2D eigenvalue weighted by molar-refractivity contribution is 6.07. The molecule has 310 valence electrons. The number of hydrogen-bond donors (Lipinski definition) is 0. The van der Waals surface area contributed by atoms with Crippen LogP contribution in [0.1, 0.15) is 0 Å². The average Bonchev–Trinajstić information content (AvgIpc) is 3.76. The largest absolute Gasteiger partial charge is 0.497 e. The van der Waals surface area contributed by atoms with Crippen molar-refractivity contribution >= 4 is 21.9 Å². The molecule has 0 aliphatic rings. The zero-order valence-electron chi connectivity index (χ0n) is 35.4. The van der Waals surface area contributed by atoms with Crippen LogP contribution < -0.4 is 9.47 Å². The van der Waals surface area contributed by atoms with Crippen LogP contribution in [0.4, 0.5) is 0 Å². The van der Waals surface area contributed by atoms with Crippen LogP contribution in [0, 0.1) is 0 Å². The van der Waals surface area contributed by atoms with Gasteiger partial charge < -0.3 is 13.9 Å². The van der Waals surface area contributed by atoms with Gasteiger partial charge in [-0.1, -0.05) is 121 Å². The molecule has 9 heteroatoms. The van der Waals surface area contributed by atoms with Gasteiger partial charge in [-0.25, -0.2) is 29.9 Å². The summed E-state index contributed by atoms with van der Waals surface area (Å²) in [7, 11) is 3.31. The molecule has 9 nitrogen and oxygen atoms in total. The van der Waals surface area contributed by atoms with Crippen LogP contribution in [0.15, 0.2) is 199 Å². The van der Waals surface area contributed by atoms with E-state index in [2.05, 4.69) is 72.8 Å². The Morgan fingerprint density at radius 1 is 0.277 bits per heavy atom. The van der Waals surface area contributed by atoms with E-state index in [0.717, 1.165) is 89.1 Å². The van der Waals surface area contributed by atoms with E-state index in [0.29, 0.717) is 34.9 Å². The summed E-state index contributed by atoms with van der Waals surface area (Å²) in [6.07, 6.45) is 0. The summed E-state index contributed by atoms with van der Waals surface area (Å²) in [6, 6.07) is 64.8. The minimum absolute atomic E-state index is 0.590. The number of furan rings is 1. The smallest absolute Gasteiger partial charge is 0.164 e. The molecule has 0 amide bonds. The van der Waals surface area contributed by atoms with Crippen molar-refractivity contribution in [2.45, 2.75) is 0 Å². The van der Waals surface area contributed by atoms with Gasteiger partial charge in [0.15, 0.2) is 34.9 Å². The Kier molecular flexibility index (Phi) is 10.1. The maximum Gasteiger partial charge on any atom is 0.164 e. The predicted octanol–water partition coefficient (Wildman–Crippen LogP) is 13.3. The lowest BCUT2D eigenvalue weighted by Gasteiger charge is -2.10. The first-order chi connectivity index (χ1) is 32.0. The molecule has 11 aromatic rings. The van der Waals surface area contributed by atoms with Crippen molar-refractivity contribution in [2.75, 3.05) is 14.2 Å². The summed E-state index contributed by atoms with van der Waals surface area (Å²) >= 11 is 0. The summed E-state index contributed by atoms with van der Waals surface area (Å²) in [5.41, 5.74) is 11.3. The second kappa shape index (κ2) is 16.8. The monoisotopic (exact) mass is 842 g/mol. The highest BCUT2D eigenvalue weighted by Gasteiger charge is 2.16. The highest BCUT2D eigenvalue weighted by atomic mass is 16.5. The SMILES string of the molecule is COc1ccc(-c2nc(-c3ccccc3)nc(-c3ccc(-c4ccc5oc6ccc(-c7ccc(-c8nc(-c9ccccc9)nc(-c9ccc(OC)cc9)n8)cc7)cc6c5c4)cc3)n2)cc1. The minimum atomic E-state index is 0.590. The Labute approximate surface area is 374 Å². The Morgan fingerprint density at radius 3 is 0.846 bits per heavy atom. The van der Waals surface area contributed by atoms with E-state index in [1.165, 1.54) is 0 Å².